The molecule has 0 radical (unpaired) electrons. The number of ether oxygens (including phenoxy) is 1. The van der Waals surface area contributed by atoms with Gasteiger partial charge in [-0.2, -0.15) is 4.39 Å². The predicted molar refractivity (Wildman–Crippen MR) is 56.7 cm³/mol. The van der Waals surface area contributed by atoms with E-state index in [1.807, 2.05) is 0 Å². The summed E-state index contributed by atoms with van der Waals surface area (Å²) in [6.07, 6.45) is -0.312. The molecule has 1 rings (SSSR count). The molecule has 1 aromatic rings. The number of nitro benzene ring substituents is 1. The number of esters is 1. The summed E-state index contributed by atoms with van der Waals surface area (Å²) in [6, 6.07) is -0.0596. The van der Waals surface area contributed by atoms with Crippen molar-refractivity contribution < 1.29 is 23.2 Å². The number of nitro groups is 1. The number of hydrogen-bond donors (Lipinski definition) is 1. The summed E-state index contributed by atoms with van der Waals surface area (Å²) in [5.74, 6) is -2.97. The second kappa shape index (κ2) is 5.50. The van der Waals surface area contributed by atoms with E-state index < -0.39 is 34.3 Å². The molecule has 0 amide bonds. The van der Waals surface area contributed by atoms with Crippen LogP contribution in [0.5, 0.6) is 0 Å². The van der Waals surface area contributed by atoms with Gasteiger partial charge in [0.25, 0.3) is 0 Å². The molecular formula is C10H10F2N2O4. The minimum atomic E-state index is -1.19. The maximum absolute atomic E-state index is 13.4. The maximum Gasteiger partial charge on any atom is 0.322 e. The lowest BCUT2D eigenvalue weighted by molar-refractivity contribution is -0.387. The summed E-state index contributed by atoms with van der Waals surface area (Å²) in [5, 5.41) is 10.4. The van der Waals surface area contributed by atoms with Gasteiger partial charge in [0, 0.05) is 6.42 Å². The van der Waals surface area contributed by atoms with E-state index in [0.717, 1.165) is 7.11 Å². The Kier molecular flexibility index (Phi) is 4.27. The Hall–Kier alpha value is -2.09. The number of halogens is 2. The lowest BCUT2D eigenvalue weighted by atomic mass is 10.1. The van der Waals surface area contributed by atoms with E-state index in [2.05, 4.69) is 4.74 Å². The molecule has 0 bridgehead atoms. The Balaban J connectivity index is 3.02. The molecule has 0 aliphatic heterocycles. The second-order valence-corrected chi connectivity index (χ2v) is 3.49. The van der Waals surface area contributed by atoms with Crippen LogP contribution in [0.3, 0.4) is 0 Å². The molecular weight excluding hydrogens is 250 g/mol. The van der Waals surface area contributed by atoms with Crippen molar-refractivity contribution in [3.8, 4) is 0 Å². The Bertz CT molecular complexity index is 493. The van der Waals surface area contributed by atoms with Crippen LogP contribution >= 0.6 is 0 Å². The van der Waals surface area contributed by atoms with E-state index in [0.29, 0.717) is 12.1 Å². The predicted octanol–water partition coefficient (Wildman–Crippen LogP) is 0.916. The fourth-order valence-electron chi connectivity index (χ4n) is 1.35. The lowest BCUT2D eigenvalue weighted by Gasteiger charge is -2.09. The summed E-state index contributed by atoms with van der Waals surface area (Å²) in [4.78, 5) is 20.3. The largest absolute Gasteiger partial charge is 0.468 e. The molecule has 18 heavy (non-hydrogen) atoms. The van der Waals surface area contributed by atoms with Gasteiger partial charge in [-0.25, -0.2) is 4.39 Å². The number of nitrogens with zero attached hydrogens (tertiary/aromatic N) is 1. The third-order valence-corrected chi connectivity index (χ3v) is 2.26. The zero-order chi connectivity index (χ0) is 13.9. The van der Waals surface area contributed by atoms with Crippen LogP contribution in [0.2, 0.25) is 0 Å². The molecule has 98 valence electrons. The first-order valence-corrected chi connectivity index (χ1v) is 4.82. The van der Waals surface area contributed by atoms with Crippen molar-refractivity contribution in [1.82, 2.24) is 0 Å². The van der Waals surface area contributed by atoms with Gasteiger partial charge in [-0.05, 0) is 11.6 Å². The number of carbonyl (C=O) groups is 1. The summed E-state index contributed by atoms with van der Waals surface area (Å²) in [6.45, 7) is 0. The highest BCUT2D eigenvalue weighted by molar-refractivity contribution is 5.75. The zero-order valence-electron chi connectivity index (χ0n) is 9.35. The molecule has 0 spiro atoms. The van der Waals surface area contributed by atoms with Gasteiger partial charge in [-0.15, -0.1) is 0 Å². The second-order valence-electron chi connectivity index (χ2n) is 3.49. The van der Waals surface area contributed by atoms with Gasteiger partial charge in [-0.1, -0.05) is 0 Å². The van der Waals surface area contributed by atoms with Gasteiger partial charge in [0.2, 0.25) is 5.82 Å². The molecule has 0 unspecified atom stereocenters. The van der Waals surface area contributed by atoms with Crippen molar-refractivity contribution >= 4 is 11.7 Å². The molecule has 0 aliphatic carbocycles. The average molecular weight is 260 g/mol. The number of carbonyl (C=O) groups excluding carboxylic acids is 1. The first kappa shape index (κ1) is 14.0. The monoisotopic (exact) mass is 260 g/mol. The SMILES string of the molecule is COC(=O)[C@@H](N)Cc1cc(F)c([N+](=O)[O-])cc1F. The van der Waals surface area contributed by atoms with Crippen LogP contribution in [-0.4, -0.2) is 24.0 Å². The summed E-state index contributed by atoms with van der Waals surface area (Å²) < 4.78 is 31.0. The quantitative estimate of drug-likeness (QED) is 0.493. The van der Waals surface area contributed by atoms with E-state index in [1.165, 1.54) is 0 Å². The van der Waals surface area contributed by atoms with Crippen LogP contribution in [0.25, 0.3) is 0 Å². The Morgan fingerprint density at radius 2 is 2.11 bits per heavy atom. The summed E-state index contributed by atoms with van der Waals surface area (Å²) >= 11 is 0. The Morgan fingerprint density at radius 3 is 2.61 bits per heavy atom. The standard InChI is InChI=1S/C10H10F2N2O4/c1-18-10(15)8(13)3-5-2-7(12)9(14(16)17)4-6(5)11/h2,4,8H,3,13H2,1H3/t8-/m0/s1. The average Bonchev–Trinajstić information content (AvgIpc) is 2.31. The van der Waals surface area contributed by atoms with Crippen molar-refractivity contribution in [1.29, 1.82) is 0 Å². The van der Waals surface area contributed by atoms with Gasteiger partial charge in [0.05, 0.1) is 18.1 Å². The Labute approximate surface area is 100 Å². The molecule has 1 aromatic carbocycles. The topological polar surface area (TPSA) is 95.5 Å². The normalized spacial score (nSPS) is 12.0. The van der Waals surface area contributed by atoms with Gasteiger partial charge in [-0.3, -0.25) is 14.9 Å². The molecule has 8 heteroatoms. The number of nitrogens with two attached hydrogens (primary N) is 1. The van der Waals surface area contributed by atoms with Crippen LogP contribution in [0.15, 0.2) is 12.1 Å². The van der Waals surface area contributed by atoms with Crippen LogP contribution in [0.1, 0.15) is 5.56 Å². The molecule has 0 aromatic heterocycles. The van der Waals surface area contributed by atoms with Crippen LogP contribution < -0.4 is 5.73 Å². The van der Waals surface area contributed by atoms with Crippen LogP contribution in [0.4, 0.5) is 14.5 Å². The minimum absolute atomic E-state index is 0.226. The minimum Gasteiger partial charge on any atom is -0.468 e. The first-order valence-electron chi connectivity index (χ1n) is 4.82. The van der Waals surface area contributed by atoms with Crippen molar-refractivity contribution in [2.45, 2.75) is 12.5 Å². The van der Waals surface area contributed by atoms with Crippen LogP contribution in [0, 0.1) is 21.7 Å². The lowest BCUT2D eigenvalue weighted by Crippen LogP contribution is -2.34. The third-order valence-electron chi connectivity index (χ3n) is 2.26. The molecule has 0 saturated carbocycles. The van der Waals surface area contributed by atoms with E-state index in [4.69, 9.17) is 5.73 Å². The zero-order valence-corrected chi connectivity index (χ0v) is 9.35. The van der Waals surface area contributed by atoms with Crippen molar-refractivity contribution in [3.63, 3.8) is 0 Å². The maximum atomic E-state index is 13.4. The van der Waals surface area contributed by atoms with Gasteiger partial charge in [0.1, 0.15) is 11.9 Å². The smallest absolute Gasteiger partial charge is 0.322 e. The highest BCUT2D eigenvalue weighted by atomic mass is 19.1. The van der Waals surface area contributed by atoms with E-state index in [9.17, 15) is 23.7 Å². The number of benzene rings is 1. The highest BCUT2D eigenvalue weighted by Crippen LogP contribution is 2.22. The van der Waals surface area contributed by atoms with E-state index >= 15 is 0 Å². The molecule has 0 saturated heterocycles. The van der Waals surface area contributed by atoms with Crippen molar-refractivity contribution in [2.24, 2.45) is 5.73 Å². The van der Waals surface area contributed by atoms with Crippen LogP contribution in [-0.2, 0) is 16.0 Å². The molecule has 2 N–H and O–H groups in total. The summed E-state index contributed by atoms with van der Waals surface area (Å²) in [7, 11) is 1.11. The fraction of sp³-hybridized carbons (Fsp3) is 0.300. The molecule has 1 atom stereocenters. The fourth-order valence-corrected chi connectivity index (χ4v) is 1.35. The number of hydrogen-bond acceptors (Lipinski definition) is 5. The highest BCUT2D eigenvalue weighted by Gasteiger charge is 2.22. The van der Waals surface area contributed by atoms with Gasteiger partial charge >= 0.3 is 11.7 Å². The van der Waals surface area contributed by atoms with Crippen molar-refractivity contribution in [2.75, 3.05) is 7.11 Å². The third kappa shape index (κ3) is 2.98. The number of methoxy groups -OCH3 is 1. The Morgan fingerprint density at radius 1 is 1.50 bits per heavy atom. The van der Waals surface area contributed by atoms with E-state index in [-0.39, 0.29) is 12.0 Å². The van der Waals surface area contributed by atoms with E-state index in [1.54, 1.807) is 0 Å². The molecule has 0 heterocycles. The molecule has 0 aliphatic rings. The van der Waals surface area contributed by atoms with Gasteiger partial charge in [0.15, 0.2) is 0 Å². The molecule has 0 fully saturated rings. The summed E-state index contributed by atoms with van der Waals surface area (Å²) in [5.41, 5.74) is 4.18. The van der Waals surface area contributed by atoms with Gasteiger partial charge < -0.3 is 10.5 Å². The molecule has 6 nitrogen and oxygen atoms in total. The number of rotatable bonds is 4. The van der Waals surface area contributed by atoms with Crippen molar-refractivity contribution in [3.05, 3.63) is 39.4 Å². The first-order chi connectivity index (χ1) is 8.36.